The fourth-order valence-electron chi connectivity index (χ4n) is 1.94. The summed E-state index contributed by atoms with van der Waals surface area (Å²) in [5.41, 5.74) is 0. The SMILES string of the molecule is C=CCC(=O)N1CCCCCC1CO. The molecule has 0 aromatic rings. The summed E-state index contributed by atoms with van der Waals surface area (Å²) in [6, 6.07) is 0.0324. The molecule has 1 rings (SSSR count). The Kier molecular flexibility index (Phi) is 4.66. The van der Waals surface area contributed by atoms with Gasteiger partial charge >= 0.3 is 0 Å². The molecule has 0 spiro atoms. The second-order valence-electron chi connectivity index (χ2n) is 3.77. The van der Waals surface area contributed by atoms with Gasteiger partial charge in [-0.15, -0.1) is 6.58 Å². The highest BCUT2D eigenvalue weighted by Crippen LogP contribution is 2.17. The van der Waals surface area contributed by atoms with Crippen molar-refractivity contribution in [1.82, 2.24) is 4.90 Å². The zero-order valence-corrected chi connectivity index (χ0v) is 8.61. The molecule has 1 amide bonds. The summed E-state index contributed by atoms with van der Waals surface area (Å²) < 4.78 is 0. The Balaban J connectivity index is 2.59. The van der Waals surface area contributed by atoms with E-state index in [4.69, 9.17) is 0 Å². The highest BCUT2D eigenvalue weighted by Gasteiger charge is 2.23. The Morgan fingerprint density at radius 3 is 2.93 bits per heavy atom. The second kappa shape index (κ2) is 5.81. The molecule has 1 atom stereocenters. The van der Waals surface area contributed by atoms with Crippen LogP contribution in [0.15, 0.2) is 12.7 Å². The largest absolute Gasteiger partial charge is 0.394 e. The van der Waals surface area contributed by atoms with Crippen molar-refractivity contribution in [1.29, 1.82) is 0 Å². The zero-order chi connectivity index (χ0) is 10.4. The molecule has 1 aliphatic rings. The van der Waals surface area contributed by atoms with Crippen molar-refractivity contribution in [3.8, 4) is 0 Å². The standard InChI is InChI=1S/C11H19NO2/c1-2-6-11(14)12-8-5-3-4-7-10(12)9-13/h2,10,13H,1,3-9H2. The minimum Gasteiger partial charge on any atom is -0.394 e. The maximum Gasteiger partial charge on any atom is 0.226 e. The fraction of sp³-hybridized carbons (Fsp3) is 0.727. The van der Waals surface area contributed by atoms with Crippen LogP contribution in [0.4, 0.5) is 0 Å². The summed E-state index contributed by atoms with van der Waals surface area (Å²) in [5, 5.41) is 9.18. The summed E-state index contributed by atoms with van der Waals surface area (Å²) in [5.74, 6) is 0.0981. The highest BCUT2D eigenvalue weighted by atomic mass is 16.3. The van der Waals surface area contributed by atoms with Crippen LogP contribution in [0.5, 0.6) is 0 Å². The molecule has 3 heteroatoms. The van der Waals surface area contributed by atoms with Gasteiger partial charge in [0.1, 0.15) is 0 Å². The Labute approximate surface area is 85.4 Å². The first-order chi connectivity index (χ1) is 6.79. The summed E-state index contributed by atoms with van der Waals surface area (Å²) in [6.07, 6.45) is 6.27. The molecule has 1 fully saturated rings. The van der Waals surface area contributed by atoms with E-state index < -0.39 is 0 Å². The molecule has 0 aliphatic carbocycles. The van der Waals surface area contributed by atoms with Crippen LogP contribution in [0, 0.1) is 0 Å². The Morgan fingerprint density at radius 1 is 1.50 bits per heavy atom. The van der Waals surface area contributed by atoms with Crippen LogP contribution in [0.2, 0.25) is 0 Å². The molecule has 3 nitrogen and oxygen atoms in total. The molecule has 80 valence electrons. The first kappa shape index (κ1) is 11.2. The van der Waals surface area contributed by atoms with Gasteiger partial charge in [0.2, 0.25) is 5.91 Å². The second-order valence-corrected chi connectivity index (χ2v) is 3.77. The Hall–Kier alpha value is -0.830. The topological polar surface area (TPSA) is 40.5 Å². The lowest BCUT2D eigenvalue weighted by atomic mass is 10.1. The summed E-state index contributed by atoms with van der Waals surface area (Å²) in [7, 11) is 0. The highest BCUT2D eigenvalue weighted by molar-refractivity contribution is 5.78. The summed E-state index contributed by atoms with van der Waals surface area (Å²) in [6.45, 7) is 4.44. The number of likely N-dealkylation sites (tertiary alicyclic amines) is 1. The summed E-state index contributed by atoms with van der Waals surface area (Å²) >= 11 is 0. The molecular weight excluding hydrogens is 178 g/mol. The van der Waals surface area contributed by atoms with Gasteiger partial charge < -0.3 is 10.0 Å². The number of amides is 1. The third kappa shape index (κ3) is 2.84. The molecule has 0 saturated carbocycles. The van der Waals surface area contributed by atoms with Crippen molar-refractivity contribution in [2.24, 2.45) is 0 Å². The summed E-state index contributed by atoms with van der Waals surface area (Å²) in [4.78, 5) is 13.5. The number of nitrogens with zero attached hydrogens (tertiary/aromatic N) is 1. The minimum atomic E-state index is 0.0324. The van der Waals surface area contributed by atoms with Gasteiger partial charge in [0.05, 0.1) is 12.6 Å². The number of aliphatic hydroxyl groups excluding tert-OH is 1. The van der Waals surface area contributed by atoms with E-state index in [2.05, 4.69) is 6.58 Å². The number of carbonyl (C=O) groups is 1. The first-order valence-electron chi connectivity index (χ1n) is 5.30. The predicted octanol–water partition coefficient (Wildman–Crippen LogP) is 1.33. The van der Waals surface area contributed by atoms with Gasteiger partial charge in [-0.3, -0.25) is 4.79 Å². The molecule has 14 heavy (non-hydrogen) atoms. The maximum absolute atomic E-state index is 11.7. The number of rotatable bonds is 3. The molecule has 1 heterocycles. The Bertz CT molecular complexity index is 203. The molecule has 0 radical (unpaired) electrons. The Morgan fingerprint density at radius 2 is 2.29 bits per heavy atom. The van der Waals surface area contributed by atoms with Gasteiger partial charge in [0, 0.05) is 13.0 Å². The average Bonchev–Trinajstić information content (AvgIpc) is 2.42. The molecular formula is C11H19NO2. The molecule has 1 N–H and O–H groups in total. The molecule has 1 aliphatic heterocycles. The molecule has 1 unspecified atom stereocenters. The molecule has 0 aromatic heterocycles. The van der Waals surface area contributed by atoms with E-state index in [0.717, 1.165) is 32.2 Å². The monoisotopic (exact) mass is 197 g/mol. The van der Waals surface area contributed by atoms with Gasteiger partial charge in [-0.1, -0.05) is 18.9 Å². The quantitative estimate of drug-likeness (QED) is 0.693. The average molecular weight is 197 g/mol. The van der Waals surface area contributed by atoms with Gasteiger partial charge in [0.15, 0.2) is 0 Å². The van der Waals surface area contributed by atoms with Crippen molar-refractivity contribution < 1.29 is 9.90 Å². The van der Waals surface area contributed by atoms with Crippen molar-refractivity contribution in [2.45, 2.75) is 38.1 Å². The van der Waals surface area contributed by atoms with Crippen LogP contribution in [-0.2, 0) is 4.79 Å². The van der Waals surface area contributed by atoms with Crippen LogP contribution in [-0.4, -0.2) is 35.1 Å². The van der Waals surface area contributed by atoms with E-state index in [0.29, 0.717) is 6.42 Å². The van der Waals surface area contributed by atoms with E-state index >= 15 is 0 Å². The normalized spacial score (nSPS) is 22.9. The van der Waals surface area contributed by atoms with Gasteiger partial charge in [-0.25, -0.2) is 0 Å². The van der Waals surface area contributed by atoms with E-state index in [1.165, 1.54) is 0 Å². The predicted molar refractivity (Wildman–Crippen MR) is 55.9 cm³/mol. The van der Waals surface area contributed by atoms with Gasteiger partial charge in [0.25, 0.3) is 0 Å². The third-order valence-electron chi connectivity index (χ3n) is 2.73. The minimum absolute atomic E-state index is 0.0324. The smallest absolute Gasteiger partial charge is 0.226 e. The van der Waals surface area contributed by atoms with Crippen LogP contribution in [0.3, 0.4) is 0 Å². The van der Waals surface area contributed by atoms with E-state index in [9.17, 15) is 9.90 Å². The van der Waals surface area contributed by atoms with Gasteiger partial charge in [-0.2, -0.15) is 0 Å². The molecule has 0 bridgehead atoms. The van der Waals surface area contributed by atoms with Crippen molar-refractivity contribution in [3.63, 3.8) is 0 Å². The van der Waals surface area contributed by atoms with Crippen LogP contribution >= 0.6 is 0 Å². The van der Waals surface area contributed by atoms with E-state index in [1.807, 2.05) is 4.90 Å². The maximum atomic E-state index is 11.7. The number of hydrogen-bond donors (Lipinski definition) is 1. The van der Waals surface area contributed by atoms with Gasteiger partial charge in [-0.05, 0) is 12.8 Å². The van der Waals surface area contributed by atoms with Crippen molar-refractivity contribution >= 4 is 5.91 Å². The lowest BCUT2D eigenvalue weighted by Crippen LogP contribution is -2.41. The first-order valence-corrected chi connectivity index (χ1v) is 5.30. The zero-order valence-electron chi connectivity index (χ0n) is 8.61. The van der Waals surface area contributed by atoms with Crippen LogP contribution < -0.4 is 0 Å². The lowest BCUT2D eigenvalue weighted by molar-refractivity contribution is -0.133. The number of aliphatic hydroxyl groups is 1. The number of hydrogen-bond acceptors (Lipinski definition) is 2. The fourth-order valence-corrected chi connectivity index (χ4v) is 1.94. The van der Waals surface area contributed by atoms with Crippen LogP contribution in [0.1, 0.15) is 32.1 Å². The van der Waals surface area contributed by atoms with Crippen molar-refractivity contribution in [3.05, 3.63) is 12.7 Å². The van der Waals surface area contributed by atoms with Crippen molar-refractivity contribution in [2.75, 3.05) is 13.2 Å². The number of carbonyl (C=O) groups excluding carboxylic acids is 1. The molecule has 1 saturated heterocycles. The van der Waals surface area contributed by atoms with E-state index in [-0.39, 0.29) is 18.6 Å². The lowest BCUT2D eigenvalue weighted by Gasteiger charge is -2.28. The molecule has 0 aromatic carbocycles. The van der Waals surface area contributed by atoms with Crippen LogP contribution in [0.25, 0.3) is 0 Å². The third-order valence-corrected chi connectivity index (χ3v) is 2.73. The van der Waals surface area contributed by atoms with E-state index in [1.54, 1.807) is 6.08 Å².